The summed E-state index contributed by atoms with van der Waals surface area (Å²) in [6.07, 6.45) is 0. The van der Waals surface area contributed by atoms with Crippen molar-refractivity contribution in [3.63, 3.8) is 0 Å². The Hall–Kier alpha value is -2.40. The number of methoxy groups -OCH3 is 3. The topological polar surface area (TPSA) is 68.2 Å². The lowest BCUT2D eigenvalue weighted by Gasteiger charge is -2.29. The summed E-state index contributed by atoms with van der Waals surface area (Å²) in [7, 11) is 4.75. The van der Waals surface area contributed by atoms with Crippen LogP contribution in [0.5, 0.6) is 23.0 Å². The number of aliphatic hydroxyl groups excluding tert-OH is 1. The summed E-state index contributed by atoms with van der Waals surface area (Å²) in [5.41, 5.74) is 2.04. The fourth-order valence-electron chi connectivity index (χ4n) is 3.23. The Morgan fingerprint density at radius 1 is 0.808 bits per heavy atom. The number of benzene rings is 2. The Morgan fingerprint density at radius 3 is 1.88 bits per heavy atom. The molecule has 0 bridgehead atoms. The first-order chi connectivity index (χ1) is 12.5. The molecule has 0 heterocycles. The summed E-state index contributed by atoms with van der Waals surface area (Å²) in [4.78, 5) is 0. The van der Waals surface area contributed by atoms with Crippen molar-refractivity contribution in [2.24, 2.45) is 11.8 Å². The Labute approximate surface area is 155 Å². The van der Waals surface area contributed by atoms with Gasteiger partial charge in [0, 0.05) is 12.5 Å². The smallest absolute Gasteiger partial charge is 0.161 e. The third-order valence-corrected chi connectivity index (χ3v) is 5.04. The molecule has 0 aliphatic rings. The lowest BCUT2D eigenvalue weighted by molar-refractivity contribution is 0.186. The molecule has 2 aromatic rings. The maximum Gasteiger partial charge on any atom is 0.161 e. The number of ether oxygens (including phenoxy) is 3. The van der Waals surface area contributed by atoms with Crippen LogP contribution in [0.4, 0.5) is 0 Å². The Morgan fingerprint density at radius 2 is 1.35 bits per heavy atom. The van der Waals surface area contributed by atoms with Crippen molar-refractivity contribution < 1.29 is 24.4 Å². The van der Waals surface area contributed by atoms with E-state index >= 15 is 0 Å². The number of rotatable bonds is 8. The first-order valence-corrected chi connectivity index (χ1v) is 8.66. The van der Waals surface area contributed by atoms with E-state index in [2.05, 4.69) is 6.92 Å². The highest BCUT2D eigenvalue weighted by atomic mass is 16.5. The second kappa shape index (κ2) is 8.81. The van der Waals surface area contributed by atoms with E-state index in [4.69, 9.17) is 14.2 Å². The van der Waals surface area contributed by atoms with Crippen LogP contribution in [-0.2, 0) is 0 Å². The van der Waals surface area contributed by atoms with Gasteiger partial charge in [0.1, 0.15) is 0 Å². The van der Waals surface area contributed by atoms with Crippen LogP contribution in [0.15, 0.2) is 36.4 Å². The van der Waals surface area contributed by atoms with Crippen molar-refractivity contribution in [3.8, 4) is 23.0 Å². The molecule has 2 N–H and O–H groups in total. The zero-order valence-corrected chi connectivity index (χ0v) is 16.0. The summed E-state index contributed by atoms with van der Waals surface area (Å²) in [5.74, 6) is 2.08. The van der Waals surface area contributed by atoms with E-state index in [0.29, 0.717) is 17.2 Å². The van der Waals surface area contributed by atoms with Gasteiger partial charge in [-0.3, -0.25) is 0 Å². The first-order valence-electron chi connectivity index (χ1n) is 8.66. The molecule has 2 rings (SSSR count). The van der Waals surface area contributed by atoms with Gasteiger partial charge in [-0.05, 0) is 47.2 Å². The third kappa shape index (κ3) is 4.05. The van der Waals surface area contributed by atoms with Gasteiger partial charge in [0.05, 0.1) is 21.3 Å². The number of phenols is 1. The minimum absolute atomic E-state index is 0.00791. The Kier molecular flexibility index (Phi) is 6.75. The minimum atomic E-state index is -0.00791. The molecule has 0 aliphatic heterocycles. The van der Waals surface area contributed by atoms with Crippen LogP contribution in [0.25, 0.3) is 0 Å². The van der Waals surface area contributed by atoms with Crippen molar-refractivity contribution in [1.82, 2.24) is 0 Å². The second-order valence-corrected chi connectivity index (χ2v) is 6.54. The van der Waals surface area contributed by atoms with Gasteiger partial charge in [0.15, 0.2) is 23.0 Å². The molecule has 1 unspecified atom stereocenters. The van der Waals surface area contributed by atoms with Crippen molar-refractivity contribution in [3.05, 3.63) is 47.5 Å². The Bertz CT molecular complexity index is 728. The van der Waals surface area contributed by atoms with E-state index in [1.54, 1.807) is 20.3 Å². The molecule has 0 aromatic heterocycles. The molecule has 2 aromatic carbocycles. The monoisotopic (exact) mass is 360 g/mol. The van der Waals surface area contributed by atoms with Crippen LogP contribution in [0.1, 0.15) is 30.9 Å². The van der Waals surface area contributed by atoms with Crippen LogP contribution < -0.4 is 14.2 Å². The molecular formula is C21H28O5. The zero-order valence-electron chi connectivity index (χ0n) is 16.0. The number of hydrogen-bond donors (Lipinski definition) is 2. The minimum Gasteiger partial charge on any atom is -0.504 e. The molecule has 26 heavy (non-hydrogen) atoms. The molecule has 5 heteroatoms. The molecule has 0 spiro atoms. The SMILES string of the molecule is COc1cc(C(c2ccc(OC)c(OC)c2)[C@@H](C)[C@H](C)CO)ccc1O. The van der Waals surface area contributed by atoms with E-state index in [-0.39, 0.29) is 30.1 Å². The standard InChI is InChI=1S/C21H28O5/c1-13(12-22)14(2)21(15-6-8-17(23)19(10-15)25-4)16-7-9-18(24-3)20(11-16)26-5/h6-11,13-14,21-23H,12H2,1-5H3/t13-,14+,21?/m1/s1. The normalized spacial score (nSPS) is 14.4. The van der Waals surface area contributed by atoms with Crippen LogP contribution in [0.2, 0.25) is 0 Å². The zero-order chi connectivity index (χ0) is 19.3. The number of aromatic hydroxyl groups is 1. The average Bonchev–Trinajstić information content (AvgIpc) is 2.68. The Balaban J connectivity index is 2.58. The molecule has 0 aliphatic carbocycles. The quantitative estimate of drug-likeness (QED) is 0.749. The van der Waals surface area contributed by atoms with Crippen LogP contribution in [0, 0.1) is 11.8 Å². The summed E-state index contributed by atoms with van der Waals surface area (Å²) >= 11 is 0. The van der Waals surface area contributed by atoms with Gasteiger partial charge < -0.3 is 24.4 Å². The second-order valence-electron chi connectivity index (χ2n) is 6.54. The molecule has 0 fully saturated rings. The summed E-state index contributed by atoms with van der Waals surface area (Å²) in [6, 6.07) is 11.2. The van der Waals surface area contributed by atoms with Gasteiger partial charge >= 0.3 is 0 Å². The first kappa shape index (κ1) is 19.9. The number of phenolic OH excluding ortho intramolecular Hbond substituents is 1. The lowest BCUT2D eigenvalue weighted by Crippen LogP contribution is -2.21. The van der Waals surface area contributed by atoms with Gasteiger partial charge in [0.2, 0.25) is 0 Å². The predicted octanol–water partition coefficient (Wildman–Crippen LogP) is 3.81. The van der Waals surface area contributed by atoms with Crippen molar-refractivity contribution in [2.45, 2.75) is 19.8 Å². The van der Waals surface area contributed by atoms with Gasteiger partial charge in [-0.25, -0.2) is 0 Å². The van der Waals surface area contributed by atoms with Crippen LogP contribution in [-0.4, -0.2) is 38.1 Å². The maximum atomic E-state index is 9.93. The maximum absolute atomic E-state index is 9.93. The van der Waals surface area contributed by atoms with E-state index < -0.39 is 0 Å². The molecule has 0 saturated carbocycles. The summed E-state index contributed by atoms with van der Waals surface area (Å²) < 4.78 is 16.1. The van der Waals surface area contributed by atoms with Gasteiger partial charge in [0.25, 0.3) is 0 Å². The van der Waals surface area contributed by atoms with Crippen molar-refractivity contribution in [2.75, 3.05) is 27.9 Å². The van der Waals surface area contributed by atoms with Gasteiger partial charge in [-0.15, -0.1) is 0 Å². The summed E-state index contributed by atoms with van der Waals surface area (Å²) in [5, 5.41) is 19.6. The van der Waals surface area contributed by atoms with Crippen LogP contribution >= 0.6 is 0 Å². The van der Waals surface area contributed by atoms with E-state index in [1.165, 1.54) is 7.11 Å². The van der Waals surface area contributed by atoms with Gasteiger partial charge in [-0.2, -0.15) is 0 Å². The largest absolute Gasteiger partial charge is 0.504 e. The van der Waals surface area contributed by atoms with E-state index in [1.807, 2.05) is 37.3 Å². The highest BCUT2D eigenvalue weighted by Crippen LogP contribution is 2.41. The van der Waals surface area contributed by atoms with Gasteiger partial charge in [-0.1, -0.05) is 26.0 Å². The molecular weight excluding hydrogens is 332 g/mol. The lowest BCUT2D eigenvalue weighted by atomic mass is 9.76. The number of aliphatic hydroxyl groups is 1. The van der Waals surface area contributed by atoms with E-state index in [9.17, 15) is 10.2 Å². The summed E-state index contributed by atoms with van der Waals surface area (Å²) in [6.45, 7) is 4.23. The molecule has 3 atom stereocenters. The molecule has 142 valence electrons. The molecule has 5 nitrogen and oxygen atoms in total. The average molecular weight is 360 g/mol. The molecule has 0 saturated heterocycles. The highest BCUT2D eigenvalue weighted by molar-refractivity contribution is 5.49. The number of hydrogen-bond acceptors (Lipinski definition) is 5. The molecule has 0 amide bonds. The third-order valence-electron chi connectivity index (χ3n) is 5.04. The predicted molar refractivity (Wildman–Crippen MR) is 101 cm³/mol. The van der Waals surface area contributed by atoms with Crippen molar-refractivity contribution in [1.29, 1.82) is 0 Å². The van der Waals surface area contributed by atoms with Crippen molar-refractivity contribution >= 4 is 0 Å². The highest BCUT2D eigenvalue weighted by Gasteiger charge is 2.27. The molecule has 0 radical (unpaired) electrons. The fourth-order valence-corrected chi connectivity index (χ4v) is 3.23. The fraction of sp³-hybridized carbons (Fsp3) is 0.429. The van der Waals surface area contributed by atoms with Crippen LogP contribution in [0.3, 0.4) is 0 Å². The van der Waals surface area contributed by atoms with E-state index in [0.717, 1.165) is 11.1 Å².